The lowest BCUT2D eigenvalue weighted by Crippen LogP contribution is -2.32. The van der Waals surface area contributed by atoms with E-state index in [0.29, 0.717) is 30.5 Å². The first-order chi connectivity index (χ1) is 12.9. The van der Waals surface area contributed by atoms with E-state index in [1.54, 1.807) is 17.0 Å². The number of sulfonamides is 1. The Morgan fingerprint density at radius 3 is 2.48 bits per heavy atom. The zero-order valence-electron chi connectivity index (χ0n) is 14.6. The lowest BCUT2D eigenvalue weighted by atomic mass is 10.0. The predicted molar refractivity (Wildman–Crippen MR) is 99.4 cm³/mol. The average Bonchev–Trinajstić information content (AvgIpc) is 3.25. The van der Waals surface area contributed by atoms with Crippen molar-refractivity contribution in [1.82, 2.24) is 10.2 Å². The van der Waals surface area contributed by atoms with Crippen LogP contribution in [0.3, 0.4) is 0 Å². The number of carbonyl (C=O) groups excluding carboxylic acids is 1. The highest BCUT2D eigenvalue weighted by Gasteiger charge is 2.38. The lowest BCUT2D eigenvalue weighted by Gasteiger charge is -2.18. The van der Waals surface area contributed by atoms with Gasteiger partial charge in [0.1, 0.15) is 5.82 Å². The summed E-state index contributed by atoms with van der Waals surface area (Å²) in [6.45, 7) is 3.19. The van der Waals surface area contributed by atoms with Crippen LogP contribution in [0.5, 0.6) is 0 Å². The van der Waals surface area contributed by atoms with E-state index < -0.39 is 15.8 Å². The number of nitrogens with zero attached hydrogens (tertiary/aromatic N) is 1. The number of nitrogens with one attached hydrogen (secondary N) is 2. The number of halogens is 1. The first-order valence-electron chi connectivity index (χ1n) is 8.81. The maximum absolute atomic E-state index is 13.8. The fourth-order valence-corrected chi connectivity index (χ4v) is 4.86. The number of likely N-dealkylation sites (tertiary alicyclic amines) is 1. The molecule has 2 aliphatic heterocycles. The molecule has 0 aromatic heterocycles. The molecule has 0 radical (unpaired) electrons. The molecule has 2 atom stereocenters. The van der Waals surface area contributed by atoms with E-state index >= 15 is 0 Å². The molecule has 4 rings (SSSR count). The predicted octanol–water partition coefficient (Wildman–Crippen LogP) is 1.92. The van der Waals surface area contributed by atoms with Gasteiger partial charge in [0.15, 0.2) is 0 Å². The van der Waals surface area contributed by atoms with E-state index in [4.69, 9.17) is 0 Å². The van der Waals surface area contributed by atoms with Crippen molar-refractivity contribution in [2.45, 2.75) is 4.90 Å². The molecule has 0 bridgehead atoms. The Hall–Kier alpha value is -2.45. The second-order valence-corrected chi connectivity index (χ2v) is 8.68. The van der Waals surface area contributed by atoms with Gasteiger partial charge < -0.3 is 10.2 Å². The van der Waals surface area contributed by atoms with Crippen molar-refractivity contribution in [3.8, 4) is 0 Å². The van der Waals surface area contributed by atoms with Crippen molar-refractivity contribution >= 4 is 21.6 Å². The van der Waals surface area contributed by atoms with Crippen LogP contribution in [-0.4, -0.2) is 45.4 Å². The number of carbonyl (C=O) groups is 1. The molecule has 2 aromatic rings. The molecule has 8 heteroatoms. The van der Waals surface area contributed by atoms with E-state index in [1.807, 2.05) is 0 Å². The second kappa shape index (κ2) is 6.94. The Morgan fingerprint density at radius 2 is 1.78 bits per heavy atom. The fourth-order valence-electron chi connectivity index (χ4n) is 3.75. The second-order valence-electron chi connectivity index (χ2n) is 7.00. The number of para-hydroxylation sites is 1. The average molecular weight is 389 g/mol. The van der Waals surface area contributed by atoms with Crippen LogP contribution in [0, 0.1) is 17.7 Å². The maximum atomic E-state index is 13.8. The van der Waals surface area contributed by atoms with Crippen LogP contribution in [-0.2, 0) is 10.0 Å². The molecule has 2 aromatic carbocycles. The van der Waals surface area contributed by atoms with Gasteiger partial charge in [0, 0.05) is 31.7 Å². The van der Waals surface area contributed by atoms with E-state index in [-0.39, 0.29) is 16.5 Å². The quantitative estimate of drug-likeness (QED) is 0.838. The summed E-state index contributed by atoms with van der Waals surface area (Å²) in [4.78, 5) is 14.5. The SMILES string of the molecule is O=C(c1cccc(S(=O)(=O)Nc2ccccc2F)c1)N1C[C@H]2CNC[C@H]2C1. The van der Waals surface area contributed by atoms with Crippen LogP contribution >= 0.6 is 0 Å². The van der Waals surface area contributed by atoms with Crippen LogP contribution in [0.15, 0.2) is 53.4 Å². The summed E-state index contributed by atoms with van der Waals surface area (Å²) in [5.74, 6) is 0.0880. The third-order valence-corrected chi connectivity index (χ3v) is 6.55. The van der Waals surface area contributed by atoms with E-state index in [9.17, 15) is 17.6 Å². The van der Waals surface area contributed by atoms with E-state index in [1.165, 1.54) is 36.4 Å². The normalized spacial score (nSPS) is 21.9. The van der Waals surface area contributed by atoms with Gasteiger partial charge in [-0.2, -0.15) is 0 Å². The molecule has 2 fully saturated rings. The molecular formula is C19H20FN3O3S. The Labute approximate surface area is 157 Å². The summed E-state index contributed by atoms with van der Waals surface area (Å²) in [6.07, 6.45) is 0. The van der Waals surface area contributed by atoms with Crippen molar-refractivity contribution in [2.24, 2.45) is 11.8 Å². The Kier molecular flexibility index (Phi) is 4.61. The van der Waals surface area contributed by atoms with Crippen LogP contribution in [0.1, 0.15) is 10.4 Å². The van der Waals surface area contributed by atoms with Gasteiger partial charge in [-0.1, -0.05) is 18.2 Å². The molecule has 0 aliphatic carbocycles. The van der Waals surface area contributed by atoms with Gasteiger partial charge in [-0.05, 0) is 42.2 Å². The highest BCUT2D eigenvalue weighted by molar-refractivity contribution is 7.92. The standard InChI is InChI=1S/C19H20FN3O3S/c20-17-6-1-2-7-18(17)22-27(25,26)16-5-3-4-13(8-16)19(24)23-11-14-9-21-10-15(14)12-23/h1-8,14-15,21-22H,9-12H2/t14-,15+. The van der Waals surface area contributed by atoms with Gasteiger partial charge in [-0.25, -0.2) is 12.8 Å². The largest absolute Gasteiger partial charge is 0.338 e. The summed E-state index contributed by atoms with van der Waals surface area (Å²) in [6, 6.07) is 11.4. The molecule has 2 N–H and O–H groups in total. The molecule has 2 saturated heterocycles. The number of hydrogen-bond acceptors (Lipinski definition) is 4. The smallest absolute Gasteiger partial charge is 0.262 e. The summed E-state index contributed by atoms with van der Waals surface area (Å²) < 4.78 is 41.2. The highest BCUT2D eigenvalue weighted by Crippen LogP contribution is 2.28. The van der Waals surface area contributed by atoms with Crippen LogP contribution < -0.4 is 10.0 Å². The van der Waals surface area contributed by atoms with Crippen molar-refractivity contribution in [2.75, 3.05) is 30.9 Å². The van der Waals surface area contributed by atoms with Gasteiger partial charge in [0.2, 0.25) is 0 Å². The molecule has 0 saturated carbocycles. The Balaban J connectivity index is 1.55. The zero-order valence-corrected chi connectivity index (χ0v) is 15.4. The van der Waals surface area contributed by atoms with Crippen LogP contribution in [0.25, 0.3) is 0 Å². The number of rotatable bonds is 4. The van der Waals surface area contributed by atoms with Crippen LogP contribution in [0.2, 0.25) is 0 Å². The van der Waals surface area contributed by atoms with Gasteiger partial charge >= 0.3 is 0 Å². The monoisotopic (exact) mass is 389 g/mol. The topological polar surface area (TPSA) is 78.5 Å². The molecule has 2 heterocycles. The first kappa shape index (κ1) is 17.9. The van der Waals surface area contributed by atoms with E-state index in [0.717, 1.165) is 13.1 Å². The molecule has 27 heavy (non-hydrogen) atoms. The minimum atomic E-state index is -4.00. The number of anilines is 1. The zero-order chi connectivity index (χ0) is 19.0. The molecule has 0 unspecified atom stereocenters. The molecular weight excluding hydrogens is 369 g/mol. The van der Waals surface area contributed by atoms with E-state index in [2.05, 4.69) is 10.0 Å². The first-order valence-corrected chi connectivity index (χ1v) is 10.3. The Bertz CT molecular complexity index is 968. The summed E-state index contributed by atoms with van der Waals surface area (Å²) in [5, 5.41) is 3.32. The van der Waals surface area contributed by atoms with Crippen molar-refractivity contribution in [1.29, 1.82) is 0 Å². The molecule has 6 nitrogen and oxygen atoms in total. The maximum Gasteiger partial charge on any atom is 0.262 e. The number of fused-ring (bicyclic) bond motifs is 1. The summed E-state index contributed by atoms with van der Waals surface area (Å²) in [7, 11) is -4.00. The minimum absolute atomic E-state index is 0.0716. The number of hydrogen-bond donors (Lipinski definition) is 2. The highest BCUT2D eigenvalue weighted by atomic mass is 32.2. The van der Waals surface area contributed by atoms with Gasteiger partial charge in [-0.15, -0.1) is 0 Å². The van der Waals surface area contributed by atoms with Gasteiger partial charge in [0.25, 0.3) is 15.9 Å². The molecule has 142 valence electrons. The summed E-state index contributed by atoms with van der Waals surface area (Å²) >= 11 is 0. The lowest BCUT2D eigenvalue weighted by molar-refractivity contribution is 0.0781. The summed E-state index contributed by atoms with van der Waals surface area (Å²) in [5.41, 5.74) is 0.188. The molecule has 2 aliphatic rings. The van der Waals surface area contributed by atoms with Gasteiger partial charge in [-0.3, -0.25) is 9.52 Å². The third-order valence-electron chi connectivity index (χ3n) is 5.19. The third kappa shape index (κ3) is 3.54. The van der Waals surface area contributed by atoms with Gasteiger partial charge in [0.05, 0.1) is 10.6 Å². The number of amides is 1. The molecule has 0 spiro atoms. The van der Waals surface area contributed by atoms with Crippen molar-refractivity contribution < 1.29 is 17.6 Å². The van der Waals surface area contributed by atoms with Crippen molar-refractivity contribution in [3.05, 3.63) is 59.9 Å². The van der Waals surface area contributed by atoms with Crippen LogP contribution in [0.4, 0.5) is 10.1 Å². The van der Waals surface area contributed by atoms with Crippen molar-refractivity contribution in [3.63, 3.8) is 0 Å². The minimum Gasteiger partial charge on any atom is -0.338 e. The molecule has 1 amide bonds. The fraction of sp³-hybridized carbons (Fsp3) is 0.316. The Morgan fingerprint density at radius 1 is 1.07 bits per heavy atom. The number of benzene rings is 2.